The Morgan fingerprint density at radius 2 is 1.53 bits per heavy atom. The molecule has 0 saturated carbocycles. The lowest BCUT2D eigenvalue weighted by atomic mass is 10.2. The summed E-state index contributed by atoms with van der Waals surface area (Å²) in [6.07, 6.45) is 1.75. The zero-order chi connectivity index (χ0) is 29.4. The predicted octanol–water partition coefficient (Wildman–Crippen LogP) is -2.43. The molecule has 2 amide bonds. The van der Waals surface area contributed by atoms with Gasteiger partial charge in [-0.3, -0.25) is 38.6 Å². The molecule has 1 aromatic rings. The summed E-state index contributed by atoms with van der Waals surface area (Å²) in [5.74, 6) is -2.96. The minimum Gasteiger partial charge on any atom is -0.502 e. The molecule has 1 saturated heterocycles. The summed E-state index contributed by atoms with van der Waals surface area (Å²) in [7, 11) is 2.92. The third-order valence-corrected chi connectivity index (χ3v) is 5.83. The summed E-state index contributed by atoms with van der Waals surface area (Å²) < 4.78 is 0.549. The number of likely N-dealkylation sites (N-methyl/N-ethyl adjacent to an activating group) is 1. The van der Waals surface area contributed by atoms with Crippen molar-refractivity contribution in [3.05, 3.63) is 31.4 Å². The molecule has 15 nitrogen and oxygen atoms in total. The highest BCUT2D eigenvalue weighted by Gasteiger charge is 2.20. The van der Waals surface area contributed by atoms with Gasteiger partial charge in [-0.25, -0.2) is 0 Å². The van der Waals surface area contributed by atoms with Crippen LogP contribution in [0.15, 0.2) is 20.6 Å². The summed E-state index contributed by atoms with van der Waals surface area (Å²) in [5, 5.41) is 42.2. The van der Waals surface area contributed by atoms with Crippen molar-refractivity contribution in [3.63, 3.8) is 0 Å². The number of aliphatic hydroxyl groups is 1. The van der Waals surface area contributed by atoms with Gasteiger partial charge in [-0.2, -0.15) is 0 Å². The van der Waals surface area contributed by atoms with Crippen LogP contribution in [0.1, 0.15) is 6.92 Å². The lowest BCUT2D eigenvalue weighted by molar-refractivity contribution is -0.140. The molecule has 1 aromatic carbocycles. The van der Waals surface area contributed by atoms with E-state index in [0.717, 1.165) is 0 Å². The number of hydrogen-bond acceptors (Lipinski definition) is 13. The fourth-order valence-electron chi connectivity index (χ4n) is 2.70. The number of nitrogens with one attached hydrogen (secondary N) is 3. The maximum absolute atomic E-state index is 11.3. The van der Waals surface area contributed by atoms with Crippen molar-refractivity contribution in [1.82, 2.24) is 20.4 Å². The third kappa shape index (κ3) is 12.7. The van der Waals surface area contributed by atoms with Crippen LogP contribution in [-0.4, -0.2) is 118 Å². The fourth-order valence-corrected chi connectivity index (χ4v) is 3.67. The summed E-state index contributed by atoms with van der Waals surface area (Å²) in [6, 6.07) is 0. The third-order valence-electron chi connectivity index (χ3n) is 4.55. The van der Waals surface area contributed by atoms with Crippen LogP contribution in [0.4, 0.5) is 5.69 Å². The van der Waals surface area contributed by atoms with Crippen LogP contribution < -0.4 is 26.8 Å². The Labute approximate surface area is 227 Å². The smallest absolute Gasteiger partial charge is 0.317 e. The Morgan fingerprint density at radius 1 is 0.974 bits per heavy atom. The van der Waals surface area contributed by atoms with E-state index in [1.807, 2.05) is 6.92 Å². The van der Waals surface area contributed by atoms with Crippen LogP contribution in [0.2, 0.25) is 0 Å². The number of carbonyl (C=O) groups is 4. The molecule has 0 aromatic heterocycles. The second-order valence-corrected chi connectivity index (χ2v) is 9.02. The molecule has 38 heavy (non-hydrogen) atoms. The second kappa shape index (κ2) is 18.0. The Balaban J connectivity index is 0.000000620. The summed E-state index contributed by atoms with van der Waals surface area (Å²) in [4.78, 5) is 67.5. The topological polar surface area (TPSA) is 226 Å². The fraction of sp³-hybridized carbons (Fsp3) is 0.476. The molecule has 2 rings (SSSR count). The highest BCUT2D eigenvalue weighted by atomic mass is 32.2. The standard InChI is InChI=1S/C11H21N3O6.C5H5NO3.C5H5NOS2/c1-12-9(16)6-14(8-11(19)20)3-2-13(4-5-15)7-10(17)18;1-6-2-3(7)5(9)4(2)8;1-2-3-4(7)6-5(8)9-3/h15H,2-8H2,1H3,(H,12,16)(H,17,18)(H,19,20);6-7H,1H3;2H,1H3,(H,6,7,8)/b;;3-2-. The number of nitrogens with zero attached hydrogens (tertiary/aromatic N) is 2. The molecule has 1 heterocycles. The average Bonchev–Trinajstić information content (AvgIpc) is 3.19. The van der Waals surface area contributed by atoms with E-state index in [1.54, 1.807) is 6.08 Å². The number of carboxylic acids is 2. The van der Waals surface area contributed by atoms with Crippen LogP contribution in [0.3, 0.4) is 0 Å². The maximum atomic E-state index is 11.3. The molecule has 0 atom stereocenters. The van der Waals surface area contributed by atoms with Gasteiger partial charge in [0.25, 0.3) is 16.8 Å². The molecule has 0 aliphatic carbocycles. The second-order valence-electron chi connectivity index (χ2n) is 7.30. The van der Waals surface area contributed by atoms with Crippen LogP contribution >= 0.6 is 24.0 Å². The molecule has 17 heteroatoms. The molecule has 0 spiro atoms. The van der Waals surface area contributed by atoms with Gasteiger partial charge in [0.15, 0.2) is 5.75 Å². The number of rotatable bonds is 12. The first-order valence-electron chi connectivity index (χ1n) is 10.9. The molecule has 0 unspecified atom stereocenters. The van der Waals surface area contributed by atoms with Crippen LogP contribution in [0.25, 0.3) is 0 Å². The van der Waals surface area contributed by atoms with E-state index in [1.165, 1.54) is 35.7 Å². The number of hydrogen-bond donors (Lipinski definition) is 7. The van der Waals surface area contributed by atoms with E-state index < -0.39 is 28.5 Å². The van der Waals surface area contributed by atoms with E-state index in [-0.39, 0.29) is 63.4 Å². The number of allylic oxidation sites excluding steroid dienone is 1. The first-order valence-corrected chi connectivity index (χ1v) is 12.1. The average molecular weight is 578 g/mol. The van der Waals surface area contributed by atoms with Crippen molar-refractivity contribution in [1.29, 1.82) is 0 Å². The number of carbonyl (C=O) groups excluding carboxylic acids is 2. The van der Waals surface area contributed by atoms with Crippen molar-refractivity contribution < 1.29 is 39.6 Å². The largest absolute Gasteiger partial charge is 0.502 e. The SMILES string of the molecule is C/C=C1\SC(=S)NC1=O.CNC(=O)CN(CCN(CCO)CC(=O)O)CC(=O)O.CNc1c(O)c(=O)c1=O. The first kappa shape index (κ1) is 34.6. The number of amides is 2. The Kier molecular flexibility index (Phi) is 16.4. The molecule has 0 bridgehead atoms. The van der Waals surface area contributed by atoms with Gasteiger partial charge >= 0.3 is 11.9 Å². The lowest BCUT2D eigenvalue weighted by Crippen LogP contribution is -2.44. The number of aliphatic carboxylic acids is 2. The maximum Gasteiger partial charge on any atom is 0.317 e. The molecule has 1 aliphatic heterocycles. The number of anilines is 1. The quantitative estimate of drug-likeness (QED) is 0.0778. The Bertz CT molecular complexity index is 1100. The summed E-state index contributed by atoms with van der Waals surface area (Å²) >= 11 is 6.04. The summed E-state index contributed by atoms with van der Waals surface area (Å²) in [6.45, 7) is 1.62. The Hall–Kier alpha value is -3.38. The van der Waals surface area contributed by atoms with E-state index in [4.69, 9.17) is 32.6 Å². The monoisotopic (exact) mass is 577 g/mol. The molecule has 1 aliphatic rings. The Morgan fingerprint density at radius 3 is 1.87 bits per heavy atom. The van der Waals surface area contributed by atoms with E-state index in [9.17, 15) is 28.8 Å². The zero-order valence-corrected chi connectivity index (χ0v) is 22.6. The highest BCUT2D eigenvalue weighted by molar-refractivity contribution is 8.26. The first-order chi connectivity index (χ1) is 17.8. The van der Waals surface area contributed by atoms with E-state index in [0.29, 0.717) is 9.23 Å². The van der Waals surface area contributed by atoms with Gasteiger partial charge in [-0.05, 0) is 6.92 Å². The number of aromatic hydroxyl groups is 1. The van der Waals surface area contributed by atoms with Crippen molar-refractivity contribution in [2.45, 2.75) is 6.92 Å². The zero-order valence-electron chi connectivity index (χ0n) is 21.0. The van der Waals surface area contributed by atoms with Gasteiger partial charge < -0.3 is 36.4 Å². The van der Waals surface area contributed by atoms with Crippen molar-refractivity contribution in [3.8, 4) is 5.75 Å². The molecular weight excluding hydrogens is 546 g/mol. The van der Waals surface area contributed by atoms with Crippen molar-refractivity contribution >= 4 is 57.7 Å². The molecule has 7 N–H and O–H groups in total. The van der Waals surface area contributed by atoms with Crippen LogP contribution in [0.5, 0.6) is 5.75 Å². The minimum absolute atomic E-state index is 0.0139. The predicted molar refractivity (Wildman–Crippen MR) is 144 cm³/mol. The molecule has 0 radical (unpaired) electrons. The van der Waals surface area contributed by atoms with Gasteiger partial charge in [-0.15, -0.1) is 0 Å². The van der Waals surface area contributed by atoms with Crippen LogP contribution in [0, 0.1) is 0 Å². The number of aliphatic hydroxyl groups excluding tert-OH is 1. The number of thioether (sulfide) groups is 1. The van der Waals surface area contributed by atoms with Crippen LogP contribution in [-0.2, 0) is 19.2 Å². The van der Waals surface area contributed by atoms with Gasteiger partial charge in [0.05, 0.1) is 31.1 Å². The minimum atomic E-state index is -1.07. The molecular formula is C21H31N5O10S2. The number of carboxylic acid groups (broad SMARTS) is 2. The van der Waals surface area contributed by atoms with Gasteiger partial charge in [0.1, 0.15) is 10.0 Å². The number of thiocarbonyl (C=S) groups is 1. The van der Waals surface area contributed by atoms with Crippen molar-refractivity contribution in [2.24, 2.45) is 0 Å². The normalized spacial score (nSPS) is 13.5. The van der Waals surface area contributed by atoms with Gasteiger partial charge in [0.2, 0.25) is 5.91 Å². The van der Waals surface area contributed by atoms with Gasteiger partial charge in [0, 0.05) is 33.7 Å². The lowest BCUT2D eigenvalue weighted by Gasteiger charge is -2.24. The van der Waals surface area contributed by atoms with E-state index >= 15 is 0 Å². The van der Waals surface area contributed by atoms with Crippen molar-refractivity contribution in [2.75, 3.05) is 65.3 Å². The van der Waals surface area contributed by atoms with E-state index in [2.05, 4.69) is 16.0 Å². The molecule has 212 valence electrons. The molecule has 1 fully saturated rings. The van der Waals surface area contributed by atoms with Gasteiger partial charge in [-0.1, -0.05) is 30.1 Å². The summed E-state index contributed by atoms with van der Waals surface area (Å²) in [5.41, 5.74) is -1.44. The highest BCUT2D eigenvalue weighted by Crippen LogP contribution is 2.22.